The molecule has 1 heterocycles. The number of hydrogen-bond acceptors (Lipinski definition) is 4. The van der Waals surface area contributed by atoms with Crippen LogP contribution in [0, 0.1) is 30.9 Å². The van der Waals surface area contributed by atoms with Crippen molar-refractivity contribution in [2.45, 2.75) is 20.8 Å². The van der Waals surface area contributed by atoms with Crippen LogP contribution in [0.3, 0.4) is 0 Å². The molecule has 0 aliphatic carbocycles. The summed E-state index contributed by atoms with van der Waals surface area (Å²) in [5.74, 6) is -0.351. The van der Waals surface area contributed by atoms with Crippen LogP contribution in [0.15, 0.2) is 24.3 Å². The standard InChI is InChI=1S/C16H18N4O3/c1-10-14(6-5-7-15(10)20(22)23)17-16(21)9-8-13-11(2)18-19(4)12(13)3/h5-9H,1-4H3,(H,17,21). The van der Waals surface area contributed by atoms with Crippen LogP contribution in [-0.4, -0.2) is 20.6 Å². The van der Waals surface area contributed by atoms with Crippen molar-refractivity contribution in [2.24, 2.45) is 7.05 Å². The molecule has 1 N–H and O–H groups in total. The lowest BCUT2D eigenvalue weighted by atomic mass is 10.1. The number of nitro groups is 1. The van der Waals surface area contributed by atoms with Crippen molar-refractivity contribution in [3.63, 3.8) is 0 Å². The Hall–Kier alpha value is -2.96. The predicted molar refractivity (Wildman–Crippen MR) is 88.2 cm³/mol. The Kier molecular flexibility index (Phi) is 4.59. The van der Waals surface area contributed by atoms with E-state index in [0.717, 1.165) is 17.0 Å². The zero-order chi connectivity index (χ0) is 17.1. The number of aryl methyl sites for hydroxylation is 2. The minimum atomic E-state index is -0.469. The summed E-state index contributed by atoms with van der Waals surface area (Å²) in [7, 11) is 1.84. The van der Waals surface area contributed by atoms with Crippen molar-refractivity contribution in [1.29, 1.82) is 0 Å². The van der Waals surface area contributed by atoms with Crippen LogP contribution in [0.5, 0.6) is 0 Å². The van der Waals surface area contributed by atoms with E-state index in [1.807, 2.05) is 20.9 Å². The number of amides is 1. The molecule has 7 heteroatoms. The van der Waals surface area contributed by atoms with Gasteiger partial charge in [0.2, 0.25) is 5.91 Å². The topological polar surface area (TPSA) is 90.1 Å². The number of rotatable bonds is 4. The smallest absolute Gasteiger partial charge is 0.274 e. The molecule has 0 aliphatic rings. The zero-order valence-corrected chi connectivity index (χ0v) is 13.5. The third kappa shape index (κ3) is 3.45. The lowest BCUT2D eigenvalue weighted by Crippen LogP contribution is -2.09. The number of benzene rings is 1. The highest BCUT2D eigenvalue weighted by atomic mass is 16.6. The largest absolute Gasteiger partial charge is 0.322 e. The number of carbonyl (C=O) groups is 1. The molecule has 0 radical (unpaired) electrons. The highest BCUT2D eigenvalue weighted by molar-refractivity contribution is 6.02. The van der Waals surface area contributed by atoms with Crippen molar-refractivity contribution < 1.29 is 9.72 Å². The molecule has 0 fully saturated rings. The molecule has 0 saturated heterocycles. The molecule has 1 aromatic heterocycles. The minimum absolute atomic E-state index is 0.0225. The number of hydrogen-bond donors (Lipinski definition) is 1. The van der Waals surface area contributed by atoms with Gasteiger partial charge in [0, 0.05) is 30.4 Å². The van der Waals surface area contributed by atoms with E-state index in [9.17, 15) is 14.9 Å². The Morgan fingerprint density at radius 2 is 2.04 bits per heavy atom. The van der Waals surface area contributed by atoms with Gasteiger partial charge < -0.3 is 5.32 Å². The zero-order valence-electron chi connectivity index (χ0n) is 13.5. The summed E-state index contributed by atoms with van der Waals surface area (Å²) < 4.78 is 1.75. The van der Waals surface area contributed by atoms with Gasteiger partial charge in [0.25, 0.3) is 5.69 Å². The van der Waals surface area contributed by atoms with E-state index in [-0.39, 0.29) is 11.6 Å². The van der Waals surface area contributed by atoms with Crippen molar-refractivity contribution in [2.75, 3.05) is 5.32 Å². The Balaban J connectivity index is 2.19. The molecule has 2 aromatic rings. The lowest BCUT2D eigenvalue weighted by molar-refractivity contribution is -0.385. The Morgan fingerprint density at radius 1 is 1.35 bits per heavy atom. The molecule has 7 nitrogen and oxygen atoms in total. The van der Waals surface area contributed by atoms with Gasteiger partial charge in [0.05, 0.1) is 21.9 Å². The fourth-order valence-corrected chi connectivity index (χ4v) is 2.32. The van der Waals surface area contributed by atoms with E-state index in [0.29, 0.717) is 11.3 Å². The van der Waals surface area contributed by atoms with Crippen molar-refractivity contribution in [1.82, 2.24) is 9.78 Å². The maximum Gasteiger partial charge on any atom is 0.274 e. The molecule has 0 atom stereocenters. The SMILES string of the molecule is Cc1nn(C)c(C)c1C=CC(=O)Nc1cccc([N+](=O)[O-])c1C. The average Bonchev–Trinajstić information content (AvgIpc) is 2.72. The third-order valence-corrected chi connectivity index (χ3v) is 3.73. The first-order valence-electron chi connectivity index (χ1n) is 7.04. The molecule has 1 amide bonds. The van der Waals surface area contributed by atoms with E-state index in [4.69, 9.17) is 0 Å². The normalized spacial score (nSPS) is 11.0. The van der Waals surface area contributed by atoms with Crippen LogP contribution in [-0.2, 0) is 11.8 Å². The summed E-state index contributed by atoms with van der Waals surface area (Å²) in [6.45, 7) is 5.39. The first kappa shape index (κ1) is 16.4. The first-order valence-corrected chi connectivity index (χ1v) is 7.04. The molecule has 2 rings (SSSR count). The molecule has 0 unspecified atom stereocenters. The summed E-state index contributed by atoms with van der Waals surface area (Å²) in [5, 5.41) is 17.9. The molecule has 0 spiro atoms. The number of aromatic nitrogens is 2. The predicted octanol–water partition coefficient (Wildman–Crippen LogP) is 2.91. The van der Waals surface area contributed by atoms with Gasteiger partial charge in [-0.1, -0.05) is 6.07 Å². The fourth-order valence-electron chi connectivity index (χ4n) is 2.32. The van der Waals surface area contributed by atoms with Gasteiger partial charge in [-0.05, 0) is 32.9 Å². The number of carbonyl (C=O) groups excluding carboxylic acids is 1. The van der Waals surface area contributed by atoms with E-state index in [1.54, 1.807) is 29.8 Å². The van der Waals surface area contributed by atoms with Crippen LogP contribution >= 0.6 is 0 Å². The number of nitro benzene ring substituents is 1. The van der Waals surface area contributed by atoms with Crippen LogP contribution in [0.25, 0.3) is 6.08 Å². The van der Waals surface area contributed by atoms with E-state index >= 15 is 0 Å². The summed E-state index contributed by atoms with van der Waals surface area (Å²) in [6.07, 6.45) is 3.09. The van der Waals surface area contributed by atoms with Gasteiger partial charge >= 0.3 is 0 Å². The van der Waals surface area contributed by atoms with Crippen LogP contribution in [0.2, 0.25) is 0 Å². The molecular weight excluding hydrogens is 296 g/mol. The second-order valence-electron chi connectivity index (χ2n) is 5.24. The second-order valence-corrected chi connectivity index (χ2v) is 5.24. The highest BCUT2D eigenvalue weighted by Crippen LogP contribution is 2.25. The molecule has 23 heavy (non-hydrogen) atoms. The van der Waals surface area contributed by atoms with Crippen LogP contribution < -0.4 is 5.32 Å². The number of nitrogens with zero attached hydrogens (tertiary/aromatic N) is 3. The van der Waals surface area contributed by atoms with E-state index in [2.05, 4.69) is 10.4 Å². The van der Waals surface area contributed by atoms with Gasteiger partial charge in [-0.25, -0.2) is 0 Å². The van der Waals surface area contributed by atoms with Crippen molar-refractivity contribution in [3.05, 3.63) is 56.9 Å². The maximum atomic E-state index is 12.1. The number of anilines is 1. The lowest BCUT2D eigenvalue weighted by Gasteiger charge is -2.06. The molecule has 0 aliphatic heterocycles. The quantitative estimate of drug-likeness (QED) is 0.534. The minimum Gasteiger partial charge on any atom is -0.322 e. The van der Waals surface area contributed by atoms with E-state index < -0.39 is 4.92 Å². The van der Waals surface area contributed by atoms with Crippen molar-refractivity contribution in [3.8, 4) is 0 Å². The summed E-state index contributed by atoms with van der Waals surface area (Å²) in [4.78, 5) is 22.5. The Morgan fingerprint density at radius 3 is 2.61 bits per heavy atom. The molecule has 0 bridgehead atoms. The molecular formula is C16H18N4O3. The summed E-state index contributed by atoms with van der Waals surface area (Å²) in [6, 6.07) is 4.58. The average molecular weight is 314 g/mol. The summed E-state index contributed by atoms with van der Waals surface area (Å²) in [5.41, 5.74) is 3.50. The van der Waals surface area contributed by atoms with Gasteiger partial charge in [-0.2, -0.15) is 5.10 Å². The van der Waals surface area contributed by atoms with Gasteiger partial charge in [0.15, 0.2) is 0 Å². The van der Waals surface area contributed by atoms with Gasteiger partial charge in [0.1, 0.15) is 0 Å². The maximum absolute atomic E-state index is 12.1. The first-order chi connectivity index (χ1) is 10.8. The highest BCUT2D eigenvalue weighted by Gasteiger charge is 2.14. The van der Waals surface area contributed by atoms with Crippen molar-refractivity contribution >= 4 is 23.4 Å². The Labute approximate surface area is 133 Å². The van der Waals surface area contributed by atoms with Gasteiger partial charge in [-0.15, -0.1) is 0 Å². The molecule has 120 valence electrons. The van der Waals surface area contributed by atoms with Crippen LogP contribution in [0.1, 0.15) is 22.5 Å². The van der Waals surface area contributed by atoms with Gasteiger partial charge in [-0.3, -0.25) is 19.6 Å². The monoisotopic (exact) mass is 314 g/mol. The van der Waals surface area contributed by atoms with E-state index in [1.165, 1.54) is 12.1 Å². The second kappa shape index (κ2) is 6.43. The number of nitrogens with one attached hydrogen (secondary N) is 1. The molecule has 1 aromatic carbocycles. The Bertz CT molecular complexity index is 806. The van der Waals surface area contributed by atoms with Crippen LogP contribution in [0.4, 0.5) is 11.4 Å². The fraction of sp³-hybridized carbons (Fsp3) is 0.250. The molecule has 0 saturated carbocycles. The third-order valence-electron chi connectivity index (χ3n) is 3.73. The summed E-state index contributed by atoms with van der Waals surface area (Å²) >= 11 is 0.